The standard InChI is InChI=1S/C17H19BrN2O/c1-17(2,3)11-4-6-12(7-5-11)21-13-8-9-14(16(19)20)15(18)10-13/h4-10H,1-3H3,(H3,19,20). The van der Waals surface area contributed by atoms with Crippen LogP contribution in [0.4, 0.5) is 0 Å². The fourth-order valence-electron chi connectivity index (χ4n) is 1.94. The Morgan fingerprint density at radius 2 is 1.62 bits per heavy atom. The molecule has 0 saturated heterocycles. The monoisotopic (exact) mass is 346 g/mol. The van der Waals surface area contributed by atoms with Gasteiger partial charge in [-0.3, -0.25) is 5.41 Å². The molecule has 0 aliphatic carbocycles. The summed E-state index contributed by atoms with van der Waals surface area (Å²) in [6.45, 7) is 6.54. The van der Waals surface area contributed by atoms with E-state index in [0.29, 0.717) is 11.3 Å². The average Bonchev–Trinajstić information content (AvgIpc) is 2.38. The van der Waals surface area contributed by atoms with Crippen molar-refractivity contribution in [3.63, 3.8) is 0 Å². The maximum Gasteiger partial charge on any atom is 0.128 e. The lowest BCUT2D eigenvalue weighted by Gasteiger charge is -2.19. The van der Waals surface area contributed by atoms with E-state index in [0.717, 1.165) is 10.2 Å². The van der Waals surface area contributed by atoms with Gasteiger partial charge < -0.3 is 10.5 Å². The predicted molar refractivity (Wildman–Crippen MR) is 90.4 cm³/mol. The fourth-order valence-corrected chi connectivity index (χ4v) is 2.51. The van der Waals surface area contributed by atoms with Crippen LogP contribution in [0, 0.1) is 5.41 Å². The molecule has 3 nitrogen and oxygen atoms in total. The summed E-state index contributed by atoms with van der Waals surface area (Å²) in [6.07, 6.45) is 0. The minimum absolute atomic E-state index is 0.0305. The van der Waals surface area contributed by atoms with Crippen LogP contribution in [-0.2, 0) is 5.41 Å². The lowest BCUT2D eigenvalue weighted by Crippen LogP contribution is -2.11. The lowest BCUT2D eigenvalue weighted by atomic mass is 9.87. The Bertz CT molecular complexity index is 657. The molecule has 0 bridgehead atoms. The summed E-state index contributed by atoms with van der Waals surface area (Å²) >= 11 is 3.40. The van der Waals surface area contributed by atoms with Crippen molar-refractivity contribution in [2.24, 2.45) is 5.73 Å². The zero-order chi connectivity index (χ0) is 15.6. The number of nitrogens with one attached hydrogen (secondary N) is 1. The molecule has 0 fully saturated rings. The van der Waals surface area contributed by atoms with E-state index >= 15 is 0 Å². The zero-order valence-corrected chi connectivity index (χ0v) is 14.0. The van der Waals surface area contributed by atoms with E-state index in [1.54, 1.807) is 12.1 Å². The van der Waals surface area contributed by atoms with Gasteiger partial charge in [-0.25, -0.2) is 0 Å². The van der Waals surface area contributed by atoms with Crippen LogP contribution in [0.3, 0.4) is 0 Å². The highest BCUT2D eigenvalue weighted by atomic mass is 79.9. The van der Waals surface area contributed by atoms with Crippen molar-refractivity contribution in [3.8, 4) is 11.5 Å². The molecule has 2 aromatic rings. The molecule has 0 aliphatic heterocycles. The first-order valence-electron chi connectivity index (χ1n) is 6.70. The minimum Gasteiger partial charge on any atom is -0.457 e. The Morgan fingerprint density at radius 1 is 1.05 bits per heavy atom. The van der Waals surface area contributed by atoms with Crippen molar-refractivity contribution in [2.75, 3.05) is 0 Å². The predicted octanol–water partition coefficient (Wildman–Crippen LogP) is 4.82. The zero-order valence-electron chi connectivity index (χ0n) is 12.4. The van der Waals surface area contributed by atoms with Crippen LogP contribution in [0.2, 0.25) is 0 Å². The number of rotatable bonds is 3. The molecule has 0 saturated carbocycles. The van der Waals surface area contributed by atoms with Crippen LogP contribution in [0.1, 0.15) is 31.9 Å². The van der Waals surface area contributed by atoms with Crippen LogP contribution >= 0.6 is 15.9 Å². The number of hydrogen-bond acceptors (Lipinski definition) is 2. The first kappa shape index (κ1) is 15.6. The molecule has 0 radical (unpaired) electrons. The molecule has 21 heavy (non-hydrogen) atoms. The van der Waals surface area contributed by atoms with Crippen molar-refractivity contribution >= 4 is 21.8 Å². The number of nitrogens with two attached hydrogens (primary N) is 1. The summed E-state index contributed by atoms with van der Waals surface area (Å²) in [4.78, 5) is 0. The highest BCUT2D eigenvalue weighted by molar-refractivity contribution is 9.10. The second-order valence-electron chi connectivity index (χ2n) is 5.93. The van der Waals surface area contributed by atoms with Crippen LogP contribution in [0.25, 0.3) is 0 Å². The Morgan fingerprint density at radius 3 is 2.10 bits per heavy atom. The Labute approximate surface area is 133 Å². The molecule has 3 N–H and O–H groups in total. The van der Waals surface area contributed by atoms with Gasteiger partial charge in [0, 0.05) is 10.0 Å². The quantitative estimate of drug-likeness (QED) is 0.618. The van der Waals surface area contributed by atoms with Gasteiger partial charge in [0.15, 0.2) is 0 Å². The maximum atomic E-state index is 7.46. The van der Waals surface area contributed by atoms with Gasteiger partial charge >= 0.3 is 0 Å². The Balaban J connectivity index is 2.19. The van der Waals surface area contributed by atoms with E-state index in [-0.39, 0.29) is 11.3 Å². The number of halogens is 1. The first-order chi connectivity index (χ1) is 9.77. The van der Waals surface area contributed by atoms with Crippen molar-refractivity contribution < 1.29 is 4.74 Å². The molecule has 2 rings (SSSR count). The van der Waals surface area contributed by atoms with Gasteiger partial charge in [0.05, 0.1) is 0 Å². The fraction of sp³-hybridized carbons (Fsp3) is 0.235. The largest absolute Gasteiger partial charge is 0.457 e. The van der Waals surface area contributed by atoms with Crippen molar-refractivity contribution in [1.82, 2.24) is 0 Å². The maximum absolute atomic E-state index is 7.46. The smallest absolute Gasteiger partial charge is 0.128 e. The number of ether oxygens (including phenoxy) is 1. The molecular formula is C17H19BrN2O. The molecule has 0 amide bonds. The van der Waals surface area contributed by atoms with Gasteiger partial charge in [0.25, 0.3) is 0 Å². The third kappa shape index (κ3) is 3.85. The molecule has 0 atom stereocenters. The number of benzene rings is 2. The summed E-state index contributed by atoms with van der Waals surface area (Å²) in [5, 5.41) is 7.46. The summed E-state index contributed by atoms with van der Waals surface area (Å²) < 4.78 is 6.57. The SMILES string of the molecule is CC(C)(C)c1ccc(Oc2ccc(C(=N)N)c(Br)c2)cc1. The van der Waals surface area contributed by atoms with E-state index in [1.165, 1.54) is 5.56 Å². The highest BCUT2D eigenvalue weighted by Gasteiger charge is 2.13. The molecule has 110 valence electrons. The summed E-state index contributed by atoms with van der Waals surface area (Å²) in [6, 6.07) is 13.5. The topological polar surface area (TPSA) is 59.1 Å². The third-order valence-corrected chi connectivity index (χ3v) is 3.84. The summed E-state index contributed by atoms with van der Waals surface area (Å²) in [5.74, 6) is 1.52. The van der Waals surface area contributed by atoms with Gasteiger partial charge in [-0.15, -0.1) is 0 Å². The average molecular weight is 347 g/mol. The molecule has 0 aliphatic rings. The molecule has 0 heterocycles. The Kier molecular flexibility index (Phi) is 4.37. The van der Waals surface area contributed by atoms with Crippen LogP contribution in [0.5, 0.6) is 11.5 Å². The normalized spacial score (nSPS) is 11.2. The van der Waals surface area contributed by atoms with Gasteiger partial charge in [-0.05, 0) is 57.2 Å². The molecule has 4 heteroatoms. The van der Waals surface area contributed by atoms with Crippen LogP contribution in [-0.4, -0.2) is 5.84 Å². The van der Waals surface area contributed by atoms with Gasteiger partial charge in [0.1, 0.15) is 17.3 Å². The molecule has 0 aromatic heterocycles. The highest BCUT2D eigenvalue weighted by Crippen LogP contribution is 2.29. The lowest BCUT2D eigenvalue weighted by molar-refractivity contribution is 0.481. The van der Waals surface area contributed by atoms with E-state index in [2.05, 4.69) is 48.8 Å². The minimum atomic E-state index is 0.0305. The van der Waals surface area contributed by atoms with E-state index in [9.17, 15) is 0 Å². The summed E-state index contributed by atoms with van der Waals surface area (Å²) in [5.41, 5.74) is 7.54. The first-order valence-corrected chi connectivity index (χ1v) is 7.49. The molecular weight excluding hydrogens is 328 g/mol. The van der Waals surface area contributed by atoms with E-state index < -0.39 is 0 Å². The molecule has 2 aromatic carbocycles. The Hall–Kier alpha value is -1.81. The van der Waals surface area contributed by atoms with Gasteiger partial charge in [0.2, 0.25) is 0 Å². The van der Waals surface area contributed by atoms with Crippen molar-refractivity contribution in [1.29, 1.82) is 5.41 Å². The van der Waals surface area contributed by atoms with Crippen molar-refractivity contribution in [3.05, 3.63) is 58.1 Å². The second-order valence-corrected chi connectivity index (χ2v) is 6.79. The summed E-state index contributed by atoms with van der Waals surface area (Å²) in [7, 11) is 0. The van der Waals surface area contributed by atoms with Gasteiger partial charge in [-0.1, -0.05) is 32.9 Å². The number of nitrogen functional groups attached to an aromatic ring is 1. The second kappa shape index (κ2) is 5.90. The molecule has 0 unspecified atom stereocenters. The third-order valence-electron chi connectivity index (χ3n) is 3.19. The van der Waals surface area contributed by atoms with Gasteiger partial charge in [-0.2, -0.15) is 0 Å². The van der Waals surface area contributed by atoms with E-state index in [1.807, 2.05) is 18.2 Å². The number of amidine groups is 1. The number of hydrogen-bond donors (Lipinski definition) is 2. The molecule has 0 spiro atoms. The van der Waals surface area contributed by atoms with Crippen molar-refractivity contribution in [2.45, 2.75) is 26.2 Å². The van der Waals surface area contributed by atoms with Crippen LogP contribution < -0.4 is 10.5 Å². The van der Waals surface area contributed by atoms with E-state index in [4.69, 9.17) is 15.9 Å². The van der Waals surface area contributed by atoms with Crippen LogP contribution in [0.15, 0.2) is 46.9 Å².